The number of esters is 1. The third-order valence-electron chi connectivity index (χ3n) is 4.62. The van der Waals surface area contributed by atoms with Crippen LogP contribution >= 0.6 is 0 Å². The second-order valence-electron chi connectivity index (χ2n) is 6.84. The second kappa shape index (κ2) is 6.94. The molecule has 0 amide bonds. The molecule has 2 rings (SSSR count). The molecule has 1 heterocycles. The van der Waals surface area contributed by atoms with Gasteiger partial charge in [0.25, 0.3) is 0 Å². The minimum absolute atomic E-state index is 0.268. The lowest BCUT2D eigenvalue weighted by Gasteiger charge is -2.28. The van der Waals surface area contributed by atoms with Crippen molar-refractivity contribution in [1.82, 2.24) is 4.90 Å². The van der Waals surface area contributed by atoms with Crippen LogP contribution in [0, 0.1) is 11.8 Å². The molecule has 0 aromatic carbocycles. The Bertz CT molecular complexity index is 471. The van der Waals surface area contributed by atoms with Gasteiger partial charge >= 0.3 is 5.97 Å². The fourth-order valence-electron chi connectivity index (χ4n) is 3.41. The van der Waals surface area contributed by atoms with E-state index in [0.29, 0.717) is 31.4 Å². The van der Waals surface area contributed by atoms with E-state index in [1.54, 1.807) is 0 Å². The zero-order valence-corrected chi connectivity index (χ0v) is 13.7. The topological polar surface area (TPSA) is 70.0 Å². The van der Waals surface area contributed by atoms with Crippen molar-refractivity contribution in [2.75, 3.05) is 20.6 Å². The number of carbonyl (C=O) groups is 1. The molecule has 0 saturated carbocycles. The summed E-state index contributed by atoms with van der Waals surface area (Å²) in [6, 6.07) is 0. The van der Waals surface area contributed by atoms with Crippen LogP contribution in [0.25, 0.3) is 0 Å². The molecule has 2 N–H and O–H groups in total. The summed E-state index contributed by atoms with van der Waals surface area (Å²) in [5.74, 6) is -0.925. The van der Waals surface area contributed by atoms with Gasteiger partial charge in [-0.25, -0.2) is 0 Å². The summed E-state index contributed by atoms with van der Waals surface area (Å²) in [6.07, 6.45) is 1.78. The van der Waals surface area contributed by atoms with Crippen molar-refractivity contribution in [1.29, 1.82) is 0 Å². The van der Waals surface area contributed by atoms with Crippen molar-refractivity contribution in [3.05, 3.63) is 23.8 Å². The number of hydrogen-bond donors (Lipinski definition) is 2. The maximum absolute atomic E-state index is 12.2. The van der Waals surface area contributed by atoms with E-state index in [-0.39, 0.29) is 17.8 Å². The first-order chi connectivity index (χ1) is 10.3. The average Bonchev–Trinajstić information content (AvgIpc) is 2.70. The van der Waals surface area contributed by atoms with E-state index in [0.717, 1.165) is 5.57 Å². The predicted molar refractivity (Wildman–Crippen MR) is 84.2 cm³/mol. The Morgan fingerprint density at radius 2 is 2.09 bits per heavy atom. The number of fused-ring (bicyclic) bond motifs is 1. The quantitative estimate of drug-likeness (QED) is 0.591. The zero-order valence-electron chi connectivity index (χ0n) is 13.7. The van der Waals surface area contributed by atoms with E-state index < -0.39 is 18.3 Å². The van der Waals surface area contributed by atoms with Gasteiger partial charge in [-0.3, -0.25) is 4.79 Å². The third-order valence-corrected chi connectivity index (χ3v) is 4.62. The molecule has 1 saturated heterocycles. The second-order valence-corrected chi connectivity index (χ2v) is 6.84. The fourth-order valence-corrected chi connectivity index (χ4v) is 3.41. The third kappa shape index (κ3) is 3.77. The summed E-state index contributed by atoms with van der Waals surface area (Å²) < 4.78 is 5.51. The smallest absolute Gasteiger partial charge is 0.311 e. The highest BCUT2D eigenvalue weighted by molar-refractivity contribution is 5.76. The first-order valence-electron chi connectivity index (χ1n) is 7.86. The maximum Gasteiger partial charge on any atom is 0.311 e. The van der Waals surface area contributed by atoms with Crippen LogP contribution in [0.2, 0.25) is 0 Å². The number of aliphatic hydroxyl groups excluding tert-OH is 2. The molecule has 0 radical (unpaired) electrons. The highest BCUT2D eigenvalue weighted by Gasteiger charge is 2.48. The summed E-state index contributed by atoms with van der Waals surface area (Å²) in [4.78, 5) is 14.1. The van der Waals surface area contributed by atoms with Crippen molar-refractivity contribution in [3.63, 3.8) is 0 Å². The molecule has 0 unspecified atom stereocenters. The van der Waals surface area contributed by atoms with Gasteiger partial charge in [0.05, 0.1) is 18.1 Å². The summed E-state index contributed by atoms with van der Waals surface area (Å²) in [5.41, 5.74) is 1.69. The molecule has 0 spiro atoms. The van der Waals surface area contributed by atoms with Crippen LogP contribution in [0.4, 0.5) is 0 Å². The molecule has 2 aliphatic rings. The number of carbonyl (C=O) groups excluding carboxylic acids is 1. The van der Waals surface area contributed by atoms with Gasteiger partial charge in [-0.2, -0.15) is 0 Å². The van der Waals surface area contributed by atoms with Gasteiger partial charge < -0.3 is 19.8 Å². The molecule has 124 valence electrons. The van der Waals surface area contributed by atoms with Crippen molar-refractivity contribution < 1.29 is 19.7 Å². The predicted octanol–water partition coefficient (Wildman–Crippen LogP) is 1.11. The Hall–Kier alpha value is -1.17. The van der Waals surface area contributed by atoms with Gasteiger partial charge in [0.2, 0.25) is 0 Å². The van der Waals surface area contributed by atoms with Crippen molar-refractivity contribution >= 4 is 5.97 Å². The van der Waals surface area contributed by atoms with Gasteiger partial charge in [-0.1, -0.05) is 18.2 Å². The van der Waals surface area contributed by atoms with Crippen LogP contribution in [0.5, 0.6) is 0 Å². The zero-order chi connectivity index (χ0) is 16.4. The van der Waals surface area contributed by atoms with E-state index in [4.69, 9.17) is 4.74 Å². The van der Waals surface area contributed by atoms with Crippen LogP contribution in [-0.4, -0.2) is 60.0 Å². The van der Waals surface area contributed by atoms with Crippen molar-refractivity contribution in [2.45, 2.75) is 44.5 Å². The number of rotatable bonds is 2. The molecule has 1 aliphatic carbocycles. The molecule has 5 nitrogen and oxygen atoms in total. The van der Waals surface area contributed by atoms with Gasteiger partial charge in [0.1, 0.15) is 6.10 Å². The number of nitrogens with zero attached hydrogens (tertiary/aromatic N) is 1. The molecule has 0 aromatic rings. The van der Waals surface area contributed by atoms with Crippen LogP contribution < -0.4 is 0 Å². The van der Waals surface area contributed by atoms with Crippen molar-refractivity contribution in [3.8, 4) is 0 Å². The molecule has 5 atom stereocenters. The number of ether oxygens (including phenoxy) is 1. The highest BCUT2D eigenvalue weighted by Crippen LogP contribution is 2.37. The average molecular weight is 309 g/mol. The molecular formula is C17H27NO4. The van der Waals surface area contributed by atoms with Gasteiger partial charge in [-0.05, 0) is 39.4 Å². The van der Waals surface area contributed by atoms with Gasteiger partial charge in [-0.15, -0.1) is 0 Å². The number of allylic oxidation sites excluding steroid dienone is 1. The van der Waals surface area contributed by atoms with E-state index in [1.165, 1.54) is 0 Å². The molecule has 5 heteroatoms. The van der Waals surface area contributed by atoms with Crippen LogP contribution in [0.15, 0.2) is 23.8 Å². The summed E-state index contributed by atoms with van der Waals surface area (Å²) in [5, 5.41) is 20.7. The number of aliphatic hydroxyl groups is 2. The van der Waals surface area contributed by atoms with E-state index in [2.05, 4.69) is 6.58 Å². The van der Waals surface area contributed by atoms with Gasteiger partial charge in [0.15, 0.2) is 0 Å². The minimum atomic E-state index is -0.718. The largest absolute Gasteiger partial charge is 0.461 e. The first-order valence-corrected chi connectivity index (χ1v) is 7.86. The molecular weight excluding hydrogens is 282 g/mol. The van der Waals surface area contributed by atoms with Gasteiger partial charge in [0, 0.05) is 18.9 Å². The summed E-state index contributed by atoms with van der Waals surface area (Å²) in [7, 11) is 3.80. The van der Waals surface area contributed by atoms with E-state index in [9.17, 15) is 15.0 Å². The van der Waals surface area contributed by atoms with Crippen LogP contribution in [0.1, 0.15) is 26.2 Å². The fraction of sp³-hybridized carbons (Fsp3) is 0.706. The Morgan fingerprint density at radius 1 is 1.41 bits per heavy atom. The molecule has 1 aliphatic heterocycles. The molecule has 0 bridgehead atoms. The Kier molecular flexibility index (Phi) is 5.42. The van der Waals surface area contributed by atoms with E-state index in [1.807, 2.05) is 32.0 Å². The maximum atomic E-state index is 12.2. The Morgan fingerprint density at radius 3 is 2.73 bits per heavy atom. The summed E-state index contributed by atoms with van der Waals surface area (Å²) in [6.45, 7) is 6.42. The standard InChI is InChI=1S/C17H27NO4/c1-10-5-6-13(19)11(2)8-15-16(14(20)7-10)12(9-18(3)4)17(21)22-15/h7,12-16,19-20H,2,5-6,8-9H2,1,3-4H3/b10-7+/t12-,13-,14+,15-,16-/m0/s1. The lowest BCUT2D eigenvalue weighted by Crippen LogP contribution is -2.38. The Labute approximate surface area is 132 Å². The van der Waals surface area contributed by atoms with Crippen molar-refractivity contribution in [2.24, 2.45) is 11.8 Å². The number of hydrogen-bond acceptors (Lipinski definition) is 5. The van der Waals surface area contributed by atoms with Crippen LogP contribution in [-0.2, 0) is 9.53 Å². The normalized spacial score (nSPS) is 39.2. The lowest BCUT2D eigenvalue weighted by molar-refractivity contribution is -0.144. The monoisotopic (exact) mass is 309 g/mol. The molecule has 1 fully saturated rings. The molecule has 0 aromatic heterocycles. The molecule has 22 heavy (non-hydrogen) atoms. The highest BCUT2D eigenvalue weighted by atomic mass is 16.6. The van der Waals surface area contributed by atoms with Crippen LogP contribution in [0.3, 0.4) is 0 Å². The minimum Gasteiger partial charge on any atom is -0.461 e. The summed E-state index contributed by atoms with van der Waals surface area (Å²) >= 11 is 0. The Balaban J connectivity index is 2.31. The SMILES string of the molecule is C=C1C[C@@H]2OC(=O)[C@@H](CN(C)C)[C@H]2[C@H](O)/C=C(\C)CC[C@@H]1O. The van der Waals surface area contributed by atoms with E-state index >= 15 is 0 Å². The lowest BCUT2D eigenvalue weighted by atomic mass is 9.80. The first kappa shape index (κ1) is 17.2.